The third-order valence-corrected chi connectivity index (χ3v) is 4.72. The quantitative estimate of drug-likeness (QED) is 0.340. The highest BCUT2D eigenvalue weighted by atomic mass is 35.5. The van der Waals surface area contributed by atoms with Crippen LogP contribution >= 0.6 is 11.6 Å². The molecule has 0 saturated heterocycles. The Hall–Kier alpha value is -3.06. The van der Waals surface area contributed by atoms with E-state index in [-0.39, 0.29) is 23.1 Å². The van der Waals surface area contributed by atoms with Gasteiger partial charge >= 0.3 is 5.95 Å². The number of nitro groups is 1. The summed E-state index contributed by atoms with van der Waals surface area (Å²) in [4.78, 5) is 15.2. The summed E-state index contributed by atoms with van der Waals surface area (Å²) in [5.74, 6) is 0.739. The first kappa shape index (κ1) is 21.6. The molecular formula is C22H24ClN3O4. The summed E-state index contributed by atoms with van der Waals surface area (Å²) in [6, 6.07) is 13.3. The molecule has 0 aliphatic heterocycles. The second kappa shape index (κ2) is 8.75. The average Bonchev–Trinajstić information content (AvgIpc) is 3.09. The Bertz CT molecular complexity index is 1030. The van der Waals surface area contributed by atoms with Gasteiger partial charge in [0.05, 0.1) is 11.5 Å². The van der Waals surface area contributed by atoms with Crippen LogP contribution in [0.2, 0.25) is 5.02 Å². The van der Waals surface area contributed by atoms with E-state index in [1.807, 2.05) is 31.2 Å². The first-order chi connectivity index (χ1) is 14.2. The molecule has 30 heavy (non-hydrogen) atoms. The topological polar surface area (TPSA) is 90.4 Å². The van der Waals surface area contributed by atoms with Crippen LogP contribution in [0.25, 0.3) is 11.3 Å². The van der Waals surface area contributed by atoms with Crippen molar-refractivity contribution in [3.8, 4) is 17.2 Å². The molecule has 8 heteroatoms. The predicted molar refractivity (Wildman–Crippen MR) is 117 cm³/mol. The van der Waals surface area contributed by atoms with Gasteiger partial charge in [0.15, 0.2) is 5.69 Å². The Morgan fingerprint density at radius 3 is 2.50 bits per heavy atom. The van der Waals surface area contributed by atoms with Gasteiger partial charge in [-0.2, -0.15) is 0 Å². The molecule has 1 heterocycles. The van der Waals surface area contributed by atoms with E-state index < -0.39 is 4.92 Å². The summed E-state index contributed by atoms with van der Waals surface area (Å²) in [5.41, 5.74) is 1.79. The second-order valence-corrected chi connectivity index (χ2v) is 8.32. The largest absolute Gasteiger partial charge is 0.464 e. The molecular weight excluding hydrogens is 406 g/mol. The minimum Gasteiger partial charge on any atom is -0.464 e. The lowest BCUT2D eigenvalue weighted by molar-refractivity contribution is -0.384. The molecule has 0 aliphatic rings. The maximum atomic E-state index is 10.9. The number of ether oxygens (including phenoxy) is 1. The van der Waals surface area contributed by atoms with Gasteiger partial charge in [-0.05, 0) is 42.7 Å². The molecule has 0 radical (unpaired) electrons. The van der Waals surface area contributed by atoms with Gasteiger partial charge in [-0.25, -0.2) is 4.98 Å². The average molecular weight is 430 g/mol. The number of rotatable bonds is 7. The van der Waals surface area contributed by atoms with Gasteiger partial charge in [-0.3, -0.25) is 10.1 Å². The molecule has 3 rings (SSSR count). The first-order valence-corrected chi connectivity index (χ1v) is 9.97. The highest BCUT2D eigenvalue weighted by Crippen LogP contribution is 2.40. The van der Waals surface area contributed by atoms with Gasteiger partial charge in [-0.1, -0.05) is 38.4 Å². The summed E-state index contributed by atoms with van der Waals surface area (Å²) < 4.78 is 11.7. The zero-order valence-corrected chi connectivity index (χ0v) is 18.1. The maximum absolute atomic E-state index is 10.9. The van der Waals surface area contributed by atoms with E-state index in [0.717, 1.165) is 5.69 Å². The highest BCUT2D eigenvalue weighted by molar-refractivity contribution is 6.30. The number of halogens is 1. The predicted octanol–water partition coefficient (Wildman–Crippen LogP) is 6.50. The van der Waals surface area contributed by atoms with Gasteiger partial charge in [0.2, 0.25) is 5.89 Å². The van der Waals surface area contributed by atoms with Crippen molar-refractivity contribution in [2.45, 2.75) is 33.7 Å². The fraction of sp³-hybridized carbons (Fsp3) is 0.318. The standard InChI is InChI=1S/C22H24ClN3O4/c1-5-29-21-18(14-9-11-17(12-10-14)26(27)28)25-20(30-21)19(22(2,3)4)24-16-8-6-7-15(23)13-16/h6-13,19,24H,5H2,1-4H3/t19-/m0/s1. The van der Waals surface area contributed by atoms with Crippen molar-refractivity contribution in [3.63, 3.8) is 0 Å². The number of nitrogens with one attached hydrogen (secondary N) is 1. The third kappa shape index (κ3) is 4.91. The van der Waals surface area contributed by atoms with Crippen molar-refractivity contribution in [2.75, 3.05) is 11.9 Å². The summed E-state index contributed by atoms with van der Waals surface area (Å²) in [5, 5.41) is 15.0. The summed E-state index contributed by atoms with van der Waals surface area (Å²) >= 11 is 6.13. The van der Waals surface area contributed by atoms with Crippen LogP contribution < -0.4 is 10.1 Å². The van der Waals surface area contributed by atoms with E-state index in [9.17, 15) is 10.1 Å². The van der Waals surface area contributed by atoms with Gasteiger partial charge in [0, 0.05) is 28.4 Å². The van der Waals surface area contributed by atoms with Crippen LogP contribution in [0.4, 0.5) is 11.4 Å². The van der Waals surface area contributed by atoms with E-state index in [4.69, 9.17) is 25.7 Å². The number of nitro benzene ring substituents is 1. The molecule has 7 nitrogen and oxygen atoms in total. The summed E-state index contributed by atoms with van der Waals surface area (Å²) in [6.45, 7) is 8.48. The zero-order valence-electron chi connectivity index (χ0n) is 17.3. The monoisotopic (exact) mass is 429 g/mol. The fourth-order valence-electron chi connectivity index (χ4n) is 2.99. The van der Waals surface area contributed by atoms with E-state index in [2.05, 4.69) is 26.1 Å². The lowest BCUT2D eigenvalue weighted by Crippen LogP contribution is -2.26. The smallest absolute Gasteiger partial charge is 0.313 e. The van der Waals surface area contributed by atoms with E-state index in [0.29, 0.717) is 28.8 Å². The Labute approximate surface area is 180 Å². The first-order valence-electron chi connectivity index (χ1n) is 9.59. The molecule has 2 aromatic carbocycles. The molecule has 158 valence electrons. The number of non-ortho nitro benzene ring substituents is 1. The van der Waals surface area contributed by atoms with Crippen LogP contribution in [0.5, 0.6) is 5.95 Å². The van der Waals surface area contributed by atoms with E-state index in [1.54, 1.807) is 12.1 Å². The molecule has 0 saturated carbocycles. The minimum atomic E-state index is -0.438. The van der Waals surface area contributed by atoms with Crippen LogP contribution in [0, 0.1) is 15.5 Å². The Morgan fingerprint density at radius 2 is 1.93 bits per heavy atom. The lowest BCUT2D eigenvalue weighted by atomic mass is 9.86. The molecule has 0 amide bonds. The van der Waals surface area contributed by atoms with E-state index >= 15 is 0 Å². The molecule has 0 aliphatic carbocycles. The third-order valence-electron chi connectivity index (χ3n) is 4.49. The van der Waals surface area contributed by atoms with Crippen LogP contribution in [0.3, 0.4) is 0 Å². The zero-order chi connectivity index (χ0) is 21.9. The van der Waals surface area contributed by atoms with E-state index in [1.165, 1.54) is 12.1 Å². The van der Waals surface area contributed by atoms with Crippen LogP contribution in [0.15, 0.2) is 52.9 Å². The number of nitrogens with zero attached hydrogens (tertiary/aromatic N) is 2. The molecule has 0 fully saturated rings. The minimum absolute atomic E-state index is 0.00983. The molecule has 1 aromatic heterocycles. The number of anilines is 1. The van der Waals surface area contributed by atoms with Crippen molar-refractivity contribution in [1.29, 1.82) is 0 Å². The van der Waals surface area contributed by atoms with Gasteiger partial charge in [0.25, 0.3) is 5.69 Å². The SMILES string of the molecule is CCOc1oc([C@H](Nc2cccc(Cl)c2)C(C)(C)C)nc1-c1ccc([N+](=O)[O-])cc1. The summed E-state index contributed by atoms with van der Waals surface area (Å²) in [6.07, 6.45) is 0. The van der Waals surface area contributed by atoms with Gasteiger partial charge in [0.1, 0.15) is 6.04 Å². The number of oxazole rings is 1. The molecule has 0 bridgehead atoms. The van der Waals surface area contributed by atoms with Crippen LogP contribution in [-0.4, -0.2) is 16.5 Å². The second-order valence-electron chi connectivity index (χ2n) is 7.88. The molecule has 3 aromatic rings. The number of benzene rings is 2. The Balaban J connectivity index is 2.02. The fourth-order valence-corrected chi connectivity index (χ4v) is 3.18. The lowest BCUT2D eigenvalue weighted by Gasteiger charge is -2.29. The normalized spacial score (nSPS) is 12.4. The van der Waals surface area contributed by atoms with Crippen molar-refractivity contribution < 1.29 is 14.1 Å². The summed E-state index contributed by atoms with van der Waals surface area (Å²) in [7, 11) is 0. The maximum Gasteiger partial charge on any atom is 0.313 e. The van der Waals surface area contributed by atoms with Gasteiger partial charge < -0.3 is 14.5 Å². The van der Waals surface area contributed by atoms with Crippen LogP contribution in [0.1, 0.15) is 39.6 Å². The Kier molecular flexibility index (Phi) is 6.31. The Morgan fingerprint density at radius 1 is 1.23 bits per heavy atom. The van der Waals surface area contributed by atoms with Crippen molar-refractivity contribution in [2.24, 2.45) is 5.41 Å². The molecule has 0 spiro atoms. The van der Waals surface area contributed by atoms with Crippen molar-refractivity contribution in [1.82, 2.24) is 4.98 Å². The van der Waals surface area contributed by atoms with Crippen molar-refractivity contribution in [3.05, 3.63) is 69.6 Å². The van der Waals surface area contributed by atoms with Crippen molar-refractivity contribution >= 4 is 23.0 Å². The molecule has 1 atom stereocenters. The number of aromatic nitrogens is 1. The number of hydrogen-bond donors (Lipinski definition) is 1. The van der Waals surface area contributed by atoms with Gasteiger partial charge in [-0.15, -0.1) is 0 Å². The highest BCUT2D eigenvalue weighted by Gasteiger charge is 2.32. The molecule has 0 unspecified atom stereocenters. The number of hydrogen-bond acceptors (Lipinski definition) is 6. The van der Waals surface area contributed by atoms with Crippen LogP contribution in [-0.2, 0) is 0 Å². The molecule has 1 N–H and O–H groups in total.